The molecule has 1 heterocycles. The minimum Gasteiger partial charge on any atom is -0.497 e. The lowest BCUT2D eigenvalue weighted by Gasteiger charge is -2.33. The Balaban J connectivity index is 1.68. The number of amides is 2. The normalized spacial score (nSPS) is 14.2. The van der Waals surface area contributed by atoms with Crippen molar-refractivity contribution in [2.45, 2.75) is 44.2 Å². The van der Waals surface area contributed by atoms with Gasteiger partial charge in [0.2, 0.25) is 0 Å². The summed E-state index contributed by atoms with van der Waals surface area (Å²) in [7, 11) is 1.55. The number of nitrogens with zero attached hydrogens (tertiary/aromatic N) is 1. The number of ether oxygens (including phenoxy) is 1. The molecule has 1 unspecified atom stereocenters. The summed E-state index contributed by atoms with van der Waals surface area (Å²) in [6.07, 6.45) is 4.82. The van der Waals surface area contributed by atoms with Crippen molar-refractivity contribution < 1.29 is 18.7 Å². The van der Waals surface area contributed by atoms with Crippen LogP contribution in [-0.4, -0.2) is 25.0 Å². The number of nitrogens with one attached hydrogen (secondary N) is 1. The third-order valence-corrected chi connectivity index (χ3v) is 7.57. The molecule has 5 rings (SSSR count). The van der Waals surface area contributed by atoms with Gasteiger partial charge in [-0.05, 0) is 49.2 Å². The van der Waals surface area contributed by atoms with E-state index < -0.39 is 17.9 Å². The van der Waals surface area contributed by atoms with E-state index in [1.807, 2.05) is 30.3 Å². The molecule has 8 heteroatoms. The first-order valence-corrected chi connectivity index (χ1v) is 14.1. The van der Waals surface area contributed by atoms with E-state index in [2.05, 4.69) is 5.32 Å². The van der Waals surface area contributed by atoms with Crippen molar-refractivity contribution in [2.24, 2.45) is 0 Å². The Bertz CT molecular complexity index is 1560. The summed E-state index contributed by atoms with van der Waals surface area (Å²) in [5.41, 5.74) is 0.945. The van der Waals surface area contributed by atoms with Gasteiger partial charge in [-0.1, -0.05) is 73.3 Å². The number of hydrogen-bond acceptors (Lipinski definition) is 5. The number of methoxy groups -OCH3 is 1. The van der Waals surface area contributed by atoms with Crippen molar-refractivity contribution in [1.82, 2.24) is 5.32 Å². The summed E-state index contributed by atoms with van der Waals surface area (Å²) in [6.45, 7) is 0. The Kier molecular flexibility index (Phi) is 8.85. The van der Waals surface area contributed by atoms with Crippen LogP contribution < -0.4 is 20.4 Å². The summed E-state index contributed by atoms with van der Waals surface area (Å²) in [6, 6.07) is 23.9. The van der Waals surface area contributed by atoms with E-state index >= 15 is 0 Å². The summed E-state index contributed by atoms with van der Waals surface area (Å²) in [5, 5.41) is 3.38. The number of rotatable bonds is 8. The number of hydrogen-bond donors (Lipinski definition) is 1. The summed E-state index contributed by atoms with van der Waals surface area (Å²) >= 11 is 6.47. The van der Waals surface area contributed by atoms with Gasteiger partial charge in [-0.25, -0.2) is 0 Å². The predicted molar refractivity (Wildman–Crippen MR) is 159 cm³/mol. The van der Waals surface area contributed by atoms with Gasteiger partial charge in [-0.15, -0.1) is 0 Å². The molecule has 0 aliphatic heterocycles. The SMILES string of the molecule is COc1ccc(N(C(=O)c2ccccc2Cl)C(C(=O)NC2CCCCC2)c2cc(=O)cc(-c3ccccc3)o2)cc1. The highest BCUT2D eigenvalue weighted by molar-refractivity contribution is 6.34. The van der Waals surface area contributed by atoms with E-state index in [1.54, 1.807) is 55.6 Å². The van der Waals surface area contributed by atoms with E-state index in [0.29, 0.717) is 22.8 Å². The maximum absolute atomic E-state index is 14.3. The van der Waals surface area contributed by atoms with E-state index in [9.17, 15) is 14.4 Å². The zero-order chi connectivity index (χ0) is 28.8. The smallest absolute Gasteiger partial charge is 0.260 e. The Labute approximate surface area is 243 Å². The molecule has 3 aromatic carbocycles. The highest BCUT2D eigenvalue weighted by Crippen LogP contribution is 2.34. The van der Waals surface area contributed by atoms with Gasteiger partial charge in [0.15, 0.2) is 11.5 Å². The molecule has 0 bridgehead atoms. The minimum atomic E-state index is -1.30. The van der Waals surface area contributed by atoms with Crippen molar-refractivity contribution in [1.29, 1.82) is 0 Å². The second kappa shape index (κ2) is 12.9. The van der Waals surface area contributed by atoms with E-state index in [1.165, 1.54) is 17.0 Å². The van der Waals surface area contributed by atoms with Crippen molar-refractivity contribution in [3.8, 4) is 17.1 Å². The van der Waals surface area contributed by atoms with Crippen LogP contribution in [0.2, 0.25) is 5.02 Å². The molecule has 1 atom stereocenters. The molecular weight excluding hydrogens is 540 g/mol. The van der Waals surface area contributed by atoms with Crippen LogP contribution >= 0.6 is 11.6 Å². The third kappa shape index (κ3) is 6.52. The molecule has 0 saturated heterocycles. The molecule has 7 nitrogen and oxygen atoms in total. The average Bonchev–Trinajstić information content (AvgIpc) is 3.00. The van der Waals surface area contributed by atoms with Gasteiger partial charge in [-0.2, -0.15) is 0 Å². The molecule has 1 aliphatic rings. The van der Waals surface area contributed by atoms with Crippen LogP contribution in [0.1, 0.15) is 54.3 Å². The lowest BCUT2D eigenvalue weighted by atomic mass is 9.95. The van der Waals surface area contributed by atoms with E-state index in [-0.39, 0.29) is 27.8 Å². The molecule has 1 fully saturated rings. The van der Waals surface area contributed by atoms with E-state index in [0.717, 1.165) is 32.1 Å². The zero-order valence-electron chi connectivity index (χ0n) is 22.7. The van der Waals surface area contributed by atoms with E-state index in [4.69, 9.17) is 20.8 Å². The number of halogens is 1. The molecule has 1 aliphatic carbocycles. The van der Waals surface area contributed by atoms with Gasteiger partial charge in [-0.3, -0.25) is 19.3 Å². The van der Waals surface area contributed by atoms with Gasteiger partial charge in [0.1, 0.15) is 17.3 Å². The second-order valence-corrected chi connectivity index (χ2v) is 10.4. The molecule has 41 heavy (non-hydrogen) atoms. The highest BCUT2D eigenvalue weighted by atomic mass is 35.5. The average molecular weight is 571 g/mol. The first-order chi connectivity index (χ1) is 19.9. The number of carbonyl (C=O) groups excluding carboxylic acids is 2. The standard InChI is InChI=1S/C33H31ClN2O5/c1-40-26-18-16-24(17-19-26)36(33(39)27-14-8-9-15-28(27)34)31(32(38)35-23-12-6-3-7-13-23)30-21-25(37)20-29(41-30)22-10-4-2-5-11-22/h2,4-5,8-11,14-21,23,31H,3,6-7,12-13H2,1H3,(H,35,38). The van der Waals surface area contributed by atoms with Crippen LogP contribution in [-0.2, 0) is 4.79 Å². The number of benzene rings is 3. The van der Waals surface area contributed by atoms with Crippen LogP contribution in [0.4, 0.5) is 5.69 Å². The third-order valence-electron chi connectivity index (χ3n) is 7.25. The fraction of sp³-hybridized carbons (Fsp3) is 0.242. The fourth-order valence-electron chi connectivity index (χ4n) is 5.17. The summed E-state index contributed by atoms with van der Waals surface area (Å²) in [5.74, 6) is -0.0390. The van der Waals surface area contributed by atoms with Crippen LogP contribution in [0.3, 0.4) is 0 Å². The number of carbonyl (C=O) groups is 2. The molecule has 1 N–H and O–H groups in total. The van der Waals surface area contributed by atoms with Crippen molar-refractivity contribution in [3.63, 3.8) is 0 Å². The predicted octanol–water partition coefficient (Wildman–Crippen LogP) is 6.81. The zero-order valence-corrected chi connectivity index (χ0v) is 23.5. The molecular formula is C33H31ClN2O5. The van der Waals surface area contributed by atoms with Gasteiger partial charge >= 0.3 is 0 Å². The van der Waals surface area contributed by atoms with Gasteiger partial charge in [0.25, 0.3) is 11.8 Å². The Morgan fingerprint density at radius 3 is 2.29 bits per heavy atom. The van der Waals surface area contributed by atoms with Gasteiger partial charge in [0, 0.05) is 29.4 Å². The second-order valence-electron chi connectivity index (χ2n) is 10.0. The number of anilines is 1. The maximum atomic E-state index is 14.3. The Hall–Kier alpha value is -4.36. The van der Waals surface area contributed by atoms with Gasteiger partial charge in [0.05, 0.1) is 17.7 Å². The molecule has 1 aromatic heterocycles. The Morgan fingerprint density at radius 2 is 1.61 bits per heavy atom. The molecule has 4 aromatic rings. The highest BCUT2D eigenvalue weighted by Gasteiger charge is 2.37. The topological polar surface area (TPSA) is 88.9 Å². The summed E-state index contributed by atoms with van der Waals surface area (Å²) in [4.78, 5) is 42.8. The molecule has 2 amide bonds. The fourth-order valence-corrected chi connectivity index (χ4v) is 5.38. The first kappa shape index (κ1) is 28.2. The lowest BCUT2D eigenvalue weighted by molar-refractivity contribution is -0.123. The first-order valence-electron chi connectivity index (χ1n) is 13.7. The molecule has 0 spiro atoms. The van der Waals surface area contributed by atoms with Crippen molar-refractivity contribution in [2.75, 3.05) is 12.0 Å². The van der Waals surface area contributed by atoms with Crippen molar-refractivity contribution >= 4 is 29.1 Å². The minimum absolute atomic E-state index is 0.0425. The summed E-state index contributed by atoms with van der Waals surface area (Å²) < 4.78 is 11.6. The van der Waals surface area contributed by atoms with Crippen LogP contribution in [0, 0.1) is 0 Å². The van der Waals surface area contributed by atoms with Gasteiger partial charge < -0.3 is 14.5 Å². The molecule has 210 valence electrons. The monoisotopic (exact) mass is 570 g/mol. The maximum Gasteiger partial charge on any atom is 0.260 e. The molecule has 1 saturated carbocycles. The Morgan fingerprint density at radius 1 is 0.927 bits per heavy atom. The van der Waals surface area contributed by atoms with Crippen LogP contribution in [0.5, 0.6) is 5.75 Å². The lowest BCUT2D eigenvalue weighted by Crippen LogP contribution is -2.47. The van der Waals surface area contributed by atoms with Crippen molar-refractivity contribution in [3.05, 3.63) is 118 Å². The quantitative estimate of drug-likeness (QED) is 0.251. The largest absolute Gasteiger partial charge is 0.497 e. The van der Waals surface area contributed by atoms with Crippen LogP contribution in [0.15, 0.2) is 100 Å². The van der Waals surface area contributed by atoms with Crippen LogP contribution in [0.25, 0.3) is 11.3 Å². The molecule has 0 radical (unpaired) electrons.